The van der Waals surface area contributed by atoms with Crippen molar-refractivity contribution >= 4 is 17.3 Å². The first-order chi connectivity index (χ1) is 9.11. The van der Waals surface area contributed by atoms with Crippen LogP contribution < -0.4 is 11.1 Å². The number of ether oxygens (including phenoxy) is 2. The van der Waals surface area contributed by atoms with Crippen molar-refractivity contribution in [2.24, 2.45) is 0 Å². The van der Waals surface area contributed by atoms with Crippen LogP contribution in [0.1, 0.15) is 20.3 Å². The van der Waals surface area contributed by atoms with Crippen LogP contribution in [0.2, 0.25) is 0 Å². The van der Waals surface area contributed by atoms with E-state index in [1.165, 1.54) is 0 Å². The normalized spacial score (nSPS) is 12.1. The van der Waals surface area contributed by atoms with E-state index in [1.807, 2.05) is 13.8 Å². The average Bonchev–Trinajstić information content (AvgIpc) is 2.39. The zero-order chi connectivity index (χ0) is 14.1. The first-order valence-corrected chi connectivity index (χ1v) is 6.46. The van der Waals surface area contributed by atoms with E-state index in [0.29, 0.717) is 31.9 Å². The maximum Gasteiger partial charge on any atom is 0.226 e. The van der Waals surface area contributed by atoms with Crippen molar-refractivity contribution in [1.29, 1.82) is 0 Å². The summed E-state index contributed by atoms with van der Waals surface area (Å²) < 4.78 is 10.7. The van der Waals surface area contributed by atoms with Gasteiger partial charge in [-0.05, 0) is 38.1 Å². The smallest absolute Gasteiger partial charge is 0.226 e. The maximum atomic E-state index is 11.6. The molecule has 0 bridgehead atoms. The topological polar surface area (TPSA) is 73.6 Å². The summed E-state index contributed by atoms with van der Waals surface area (Å²) in [6.07, 6.45) is 0.324. The highest BCUT2D eigenvalue weighted by Gasteiger charge is 2.05. The Bertz CT molecular complexity index is 379. The standard InChI is InChI=1S/C14H22N2O3/c1-3-18-10-11(2)19-9-8-14(17)16-13-6-4-12(15)5-7-13/h4-7,11H,3,8-10,15H2,1-2H3,(H,16,17). The molecule has 0 aliphatic rings. The van der Waals surface area contributed by atoms with E-state index in [2.05, 4.69) is 5.32 Å². The van der Waals surface area contributed by atoms with Crippen LogP contribution in [0.15, 0.2) is 24.3 Å². The number of hydrogen-bond donors (Lipinski definition) is 2. The van der Waals surface area contributed by atoms with E-state index in [9.17, 15) is 4.79 Å². The van der Waals surface area contributed by atoms with E-state index in [4.69, 9.17) is 15.2 Å². The highest BCUT2D eigenvalue weighted by Crippen LogP contribution is 2.10. The molecule has 1 rings (SSSR count). The van der Waals surface area contributed by atoms with Crippen LogP contribution in [0.3, 0.4) is 0 Å². The van der Waals surface area contributed by atoms with Gasteiger partial charge in [0.1, 0.15) is 0 Å². The summed E-state index contributed by atoms with van der Waals surface area (Å²) in [7, 11) is 0. The molecule has 0 fully saturated rings. The lowest BCUT2D eigenvalue weighted by Gasteiger charge is -2.12. The lowest BCUT2D eigenvalue weighted by molar-refractivity contribution is -0.118. The minimum absolute atomic E-state index is 0.00396. The number of benzene rings is 1. The summed E-state index contributed by atoms with van der Waals surface area (Å²) in [5.41, 5.74) is 6.98. The van der Waals surface area contributed by atoms with Crippen molar-refractivity contribution in [2.75, 3.05) is 30.9 Å². The van der Waals surface area contributed by atoms with Crippen LogP contribution >= 0.6 is 0 Å². The molecule has 0 saturated heterocycles. The summed E-state index contributed by atoms with van der Waals surface area (Å²) in [4.78, 5) is 11.6. The fourth-order valence-electron chi connectivity index (χ4n) is 1.47. The quantitative estimate of drug-likeness (QED) is 0.706. The first-order valence-electron chi connectivity index (χ1n) is 6.46. The van der Waals surface area contributed by atoms with Gasteiger partial charge in [0, 0.05) is 18.0 Å². The number of anilines is 2. The lowest BCUT2D eigenvalue weighted by atomic mass is 10.3. The molecule has 19 heavy (non-hydrogen) atoms. The van der Waals surface area contributed by atoms with Crippen molar-refractivity contribution in [3.05, 3.63) is 24.3 Å². The lowest BCUT2D eigenvalue weighted by Crippen LogP contribution is -2.20. The van der Waals surface area contributed by atoms with Gasteiger partial charge >= 0.3 is 0 Å². The molecule has 0 heterocycles. The zero-order valence-corrected chi connectivity index (χ0v) is 11.5. The fraction of sp³-hybridized carbons (Fsp3) is 0.500. The van der Waals surface area contributed by atoms with Gasteiger partial charge in [-0.1, -0.05) is 0 Å². The molecule has 106 valence electrons. The molecule has 1 amide bonds. The van der Waals surface area contributed by atoms with Crippen LogP contribution in [-0.2, 0) is 14.3 Å². The van der Waals surface area contributed by atoms with Crippen molar-refractivity contribution in [1.82, 2.24) is 0 Å². The van der Waals surface area contributed by atoms with Gasteiger partial charge in [0.15, 0.2) is 0 Å². The van der Waals surface area contributed by atoms with Crippen molar-refractivity contribution < 1.29 is 14.3 Å². The molecule has 5 nitrogen and oxygen atoms in total. The summed E-state index contributed by atoms with van der Waals surface area (Å²) in [6, 6.07) is 7.03. The molecule has 0 spiro atoms. The maximum absolute atomic E-state index is 11.6. The van der Waals surface area contributed by atoms with Gasteiger partial charge in [0.2, 0.25) is 5.91 Å². The Kier molecular flexibility index (Phi) is 6.92. The molecule has 1 atom stereocenters. The predicted molar refractivity (Wildman–Crippen MR) is 76.0 cm³/mol. The van der Waals surface area contributed by atoms with Crippen LogP contribution in [0.5, 0.6) is 0 Å². The summed E-state index contributed by atoms with van der Waals surface area (Å²) in [5.74, 6) is -0.0756. The molecule has 1 aromatic rings. The van der Waals surface area contributed by atoms with Crippen molar-refractivity contribution in [2.45, 2.75) is 26.4 Å². The fourth-order valence-corrected chi connectivity index (χ4v) is 1.47. The van der Waals surface area contributed by atoms with Gasteiger partial charge in [0.25, 0.3) is 0 Å². The molecule has 0 aromatic heterocycles. The van der Waals surface area contributed by atoms with E-state index in [0.717, 1.165) is 5.69 Å². The Balaban J connectivity index is 2.19. The molecule has 3 N–H and O–H groups in total. The second-order valence-electron chi connectivity index (χ2n) is 4.26. The van der Waals surface area contributed by atoms with Gasteiger partial charge in [-0.15, -0.1) is 0 Å². The van der Waals surface area contributed by atoms with Gasteiger partial charge in [-0.2, -0.15) is 0 Å². The second-order valence-corrected chi connectivity index (χ2v) is 4.26. The molecule has 0 saturated carbocycles. The molecule has 0 aliphatic carbocycles. The molecule has 1 unspecified atom stereocenters. The van der Waals surface area contributed by atoms with Gasteiger partial charge < -0.3 is 20.5 Å². The number of nitrogens with one attached hydrogen (secondary N) is 1. The summed E-state index contributed by atoms with van der Waals surface area (Å²) >= 11 is 0. The largest absolute Gasteiger partial charge is 0.399 e. The summed E-state index contributed by atoms with van der Waals surface area (Å²) in [6.45, 7) is 5.47. The minimum Gasteiger partial charge on any atom is -0.399 e. The van der Waals surface area contributed by atoms with E-state index < -0.39 is 0 Å². The number of carbonyl (C=O) groups excluding carboxylic acids is 1. The molecular formula is C14H22N2O3. The number of carbonyl (C=O) groups is 1. The highest BCUT2D eigenvalue weighted by molar-refractivity contribution is 5.90. The Hall–Kier alpha value is -1.59. The highest BCUT2D eigenvalue weighted by atomic mass is 16.5. The van der Waals surface area contributed by atoms with Crippen LogP contribution in [0.25, 0.3) is 0 Å². The third-order valence-electron chi connectivity index (χ3n) is 2.48. The SMILES string of the molecule is CCOCC(C)OCCC(=O)Nc1ccc(N)cc1. The van der Waals surface area contributed by atoms with Crippen molar-refractivity contribution in [3.63, 3.8) is 0 Å². The molecule has 1 aromatic carbocycles. The Morgan fingerprint density at radius 1 is 1.37 bits per heavy atom. The monoisotopic (exact) mass is 266 g/mol. The first kappa shape index (κ1) is 15.5. The Morgan fingerprint density at radius 3 is 2.68 bits per heavy atom. The van der Waals surface area contributed by atoms with E-state index in [-0.39, 0.29) is 12.0 Å². The number of nitrogen functional groups attached to an aromatic ring is 1. The predicted octanol–water partition coefficient (Wildman–Crippen LogP) is 2.04. The minimum atomic E-state index is -0.0756. The molecular weight excluding hydrogens is 244 g/mol. The molecule has 0 radical (unpaired) electrons. The summed E-state index contributed by atoms with van der Waals surface area (Å²) in [5, 5.41) is 2.78. The molecule has 5 heteroatoms. The van der Waals surface area contributed by atoms with Crippen LogP contribution in [0, 0.1) is 0 Å². The van der Waals surface area contributed by atoms with Crippen molar-refractivity contribution in [3.8, 4) is 0 Å². The third-order valence-corrected chi connectivity index (χ3v) is 2.48. The van der Waals surface area contributed by atoms with E-state index in [1.54, 1.807) is 24.3 Å². The Labute approximate surface area is 114 Å². The number of nitrogens with two attached hydrogens (primary N) is 1. The van der Waals surface area contributed by atoms with E-state index >= 15 is 0 Å². The average molecular weight is 266 g/mol. The number of hydrogen-bond acceptors (Lipinski definition) is 4. The zero-order valence-electron chi connectivity index (χ0n) is 11.5. The second kappa shape index (κ2) is 8.50. The number of rotatable bonds is 8. The Morgan fingerprint density at radius 2 is 2.05 bits per heavy atom. The molecule has 0 aliphatic heterocycles. The van der Waals surface area contributed by atoms with Gasteiger partial charge in [-0.3, -0.25) is 4.79 Å². The van der Waals surface area contributed by atoms with Crippen LogP contribution in [-0.4, -0.2) is 31.8 Å². The third kappa shape index (κ3) is 6.79. The van der Waals surface area contributed by atoms with Gasteiger partial charge in [-0.25, -0.2) is 0 Å². The van der Waals surface area contributed by atoms with Crippen LogP contribution in [0.4, 0.5) is 11.4 Å². The van der Waals surface area contributed by atoms with Gasteiger partial charge in [0.05, 0.1) is 25.7 Å². The number of amides is 1.